The van der Waals surface area contributed by atoms with Crippen LogP contribution in [0.1, 0.15) is 23.8 Å². The topological polar surface area (TPSA) is 102 Å². The van der Waals surface area contributed by atoms with Crippen molar-refractivity contribution in [3.05, 3.63) is 67.7 Å². The largest absolute Gasteiger partial charge is 0.365 e. The minimum absolute atomic E-state index is 0.186. The zero-order chi connectivity index (χ0) is 19.0. The first-order valence-corrected chi connectivity index (χ1v) is 9.38. The molecule has 0 unspecified atom stereocenters. The Morgan fingerprint density at radius 3 is 2.67 bits per heavy atom. The van der Waals surface area contributed by atoms with Crippen LogP contribution in [0.3, 0.4) is 0 Å². The molecule has 0 radical (unpaired) electrons. The van der Waals surface area contributed by atoms with Gasteiger partial charge in [0.1, 0.15) is 5.69 Å². The van der Waals surface area contributed by atoms with Crippen molar-refractivity contribution in [3.8, 4) is 0 Å². The lowest BCUT2D eigenvalue weighted by molar-refractivity contribution is -0.393. The van der Waals surface area contributed by atoms with Crippen LogP contribution in [0, 0.1) is 20.2 Å². The number of para-hydroxylation sites is 1. The summed E-state index contributed by atoms with van der Waals surface area (Å²) < 4.78 is 1.13. The summed E-state index contributed by atoms with van der Waals surface area (Å²) in [4.78, 5) is 27.9. The number of thiazole rings is 1. The van der Waals surface area contributed by atoms with Gasteiger partial charge in [0.05, 0.1) is 31.1 Å². The van der Waals surface area contributed by atoms with E-state index in [1.54, 1.807) is 11.3 Å². The number of benzene rings is 2. The van der Waals surface area contributed by atoms with Gasteiger partial charge in [-0.25, -0.2) is 4.98 Å². The predicted octanol–water partition coefficient (Wildman–Crippen LogP) is 4.50. The second-order valence-corrected chi connectivity index (χ2v) is 7.55. The number of piperidine rings is 1. The van der Waals surface area contributed by atoms with Gasteiger partial charge in [-0.3, -0.25) is 20.2 Å². The summed E-state index contributed by atoms with van der Waals surface area (Å²) in [6, 6.07) is 11.8. The number of nitro benzene ring substituents is 2. The van der Waals surface area contributed by atoms with Gasteiger partial charge in [-0.15, -0.1) is 11.3 Å². The van der Waals surface area contributed by atoms with E-state index in [2.05, 4.69) is 0 Å². The summed E-state index contributed by atoms with van der Waals surface area (Å²) in [7, 11) is 0. The van der Waals surface area contributed by atoms with E-state index in [1.807, 2.05) is 29.2 Å². The van der Waals surface area contributed by atoms with E-state index in [0.29, 0.717) is 18.8 Å². The highest BCUT2D eigenvalue weighted by atomic mass is 32.1. The Balaban J connectivity index is 1.65. The normalized spacial score (nSPS) is 17.2. The van der Waals surface area contributed by atoms with Crippen molar-refractivity contribution in [2.24, 2.45) is 0 Å². The summed E-state index contributed by atoms with van der Waals surface area (Å²) >= 11 is 1.66. The number of fused-ring (bicyclic) bond motifs is 1. The van der Waals surface area contributed by atoms with Crippen LogP contribution in [0.2, 0.25) is 0 Å². The Morgan fingerprint density at radius 1 is 1.11 bits per heavy atom. The standard InChI is InChI=1S/C18H16N4O4S/c23-21(24)13-7-8-15(16(10-13)22(25)26)20-9-3-4-12(11-20)18-19-14-5-1-2-6-17(14)27-18/h1-2,5-8,10,12H,3-4,9,11H2/t12-/m0/s1. The molecule has 0 amide bonds. The van der Waals surface area contributed by atoms with Crippen molar-refractivity contribution >= 4 is 38.6 Å². The van der Waals surface area contributed by atoms with Gasteiger partial charge in [-0.2, -0.15) is 0 Å². The average molecular weight is 384 g/mol. The first-order valence-electron chi connectivity index (χ1n) is 8.56. The number of non-ortho nitro benzene ring substituents is 1. The van der Waals surface area contributed by atoms with Gasteiger partial charge in [0, 0.05) is 25.1 Å². The van der Waals surface area contributed by atoms with Crippen LogP contribution in [0.5, 0.6) is 0 Å². The van der Waals surface area contributed by atoms with Crippen LogP contribution < -0.4 is 4.90 Å². The number of hydrogen-bond acceptors (Lipinski definition) is 7. The lowest BCUT2D eigenvalue weighted by Gasteiger charge is -2.33. The second kappa shape index (κ2) is 6.92. The van der Waals surface area contributed by atoms with Gasteiger partial charge < -0.3 is 4.90 Å². The van der Waals surface area contributed by atoms with Crippen LogP contribution >= 0.6 is 11.3 Å². The SMILES string of the molecule is O=[N+]([O-])c1ccc(N2CCC[C@H](c3nc4ccccc4s3)C2)c([N+](=O)[O-])c1. The Kier molecular flexibility index (Phi) is 4.44. The molecule has 4 rings (SSSR count). The summed E-state index contributed by atoms with van der Waals surface area (Å²) in [6.45, 7) is 1.29. The maximum absolute atomic E-state index is 11.5. The van der Waals surface area contributed by atoms with Crippen molar-refractivity contribution < 1.29 is 9.85 Å². The van der Waals surface area contributed by atoms with Gasteiger partial charge >= 0.3 is 0 Å². The molecule has 1 atom stereocenters. The molecule has 0 bridgehead atoms. The van der Waals surface area contributed by atoms with E-state index >= 15 is 0 Å². The fourth-order valence-electron chi connectivity index (χ4n) is 3.50. The predicted molar refractivity (Wildman–Crippen MR) is 104 cm³/mol. The van der Waals surface area contributed by atoms with E-state index in [1.165, 1.54) is 12.1 Å². The van der Waals surface area contributed by atoms with E-state index in [4.69, 9.17) is 4.98 Å². The smallest absolute Gasteiger partial charge is 0.299 e. The number of rotatable bonds is 4. The first-order chi connectivity index (χ1) is 13.0. The Bertz CT molecular complexity index is 1000. The van der Waals surface area contributed by atoms with E-state index in [0.717, 1.165) is 34.1 Å². The highest BCUT2D eigenvalue weighted by molar-refractivity contribution is 7.18. The maximum atomic E-state index is 11.5. The molecule has 27 heavy (non-hydrogen) atoms. The molecule has 2 aromatic carbocycles. The number of hydrogen-bond donors (Lipinski definition) is 0. The molecule has 0 saturated carbocycles. The van der Waals surface area contributed by atoms with Crippen LogP contribution in [0.15, 0.2) is 42.5 Å². The monoisotopic (exact) mass is 384 g/mol. The van der Waals surface area contributed by atoms with Crippen LogP contribution in [-0.2, 0) is 0 Å². The molecule has 8 nitrogen and oxygen atoms in total. The van der Waals surface area contributed by atoms with Gasteiger partial charge in [0.25, 0.3) is 11.4 Å². The van der Waals surface area contributed by atoms with E-state index in [-0.39, 0.29) is 17.3 Å². The van der Waals surface area contributed by atoms with Crippen molar-refractivity contribution in [2.75, 3.05) is 18.0 Å². The van der Waals surface area contributed by atoms with Gasteiger partial charge in [-0.05, 0) is 31.0 Å². The molecule has 0 spiro atoms. The molecule has 2 heterocycles. The fraction of sp³-hybridized carbons (Fsp3) is 0.278. The van der Waals surface area contributed by atoms with Crippen molar-refractivity contribution in [3.63, 3.8) is 0 Å². The van der Waals surface area contributed by atoms with E-state index < -0.39 is 9.85 Å². The molecule has 1 aromatic heterocycles. The summed E-state index contributed by atoms with van der Waals surface area (Å²) in [5.74, 6) is 0.186. The van der Waals surface area contributed by atoms with Gasteiger partial charge in [-0.1, -0.05) is 12.1 Å². The molecule has 0 aliphatic carbocycles. The lowest BCUT2D eigenvalue weighted by Crippen LogP contribution is -2.34. The highest BCUT2D eigenvalue weighted by Gasteiger charge is 2.29. The molecular weight excluding hydrogens is 368 g/mol. The van der Waals surface area contributed by atoms with E-state index in [9.17, 15) is 20.2 Å². The molecule has 9 heteroatoms. The summed E-state index contributed by atoms with van der Waals surface area (Å²) in [5.41, 5.74) is 0.895. The van der Waals surface area contributed by atoms with Crippen molar-refractivity contribution in [1.82, 2.24) is 4.98 Å². The molecule has 1 aliphatic rings. The Labute approximate surface area is 158 Å². The minimum atomic E-state index is -0.614. The Morgan fingerprint density at radius 2 is 1.93 bits per heavy atom. The maximum Gasteiger partial charge on any atom is 0.299 e. The lowest BCUT2D eigenvalue weighted by atomic mass is 9.98. The van der Waals surface area contributed by atoms with Crippen molar-refractivity contribution in [2.45, 2.75) is 18.8 Å². The van der Waals surface area contributed by atoms with Crippen LogP contribution in [0.25, 0.3) is 10.2 Å². The number of nitrogens with zero attached hydrogens (tertiary/aromatic N) is 4. The third-order valence-electron chi connectivity index (χ3n) is 4.79. The second-order valence-electron chi connectivity index (χ2n) is 6.49. The molecule has 1 aliphatic heterocycles. The molecule has 3 aromatic rings. The van der Waals surface area contributed by atoms with Crippen molar-refractivity contribution in [1.29, 1.82) is 0 Å². The molecule has 138 valence electrons. The van der Waals surface area contributed by atoms with Crippen LogP contribution in [-0.4, -0.2) is 27.9 Å². The number of nitro groups is 2. The molecule has 1 fully saturated rings. The van der Waals surface area contributed by atoms with Gasteiger partial charge in [0.15, 0.2) is 0 Å². The number of aromatic nitrogens is 1. The first kappa shape index (κ1) is 17.3. The van der Waals surface area contributed by atoms with Crippen LogP contribution in [0.4, 0.5) is 17.1 Å². The zero-order valence-corrected chi connectivity index (χ0v) is 15.1. The zero-order valence-electron chi connectivity index (χ0n) is 14.3. The fourth-order valence-corrected chi connectivity index (χ4v) is 4.59. The minimum Gasteiger partial charge on any atom is -0.365 e. The third-order valence-corrected chi connectivity index (χ3v) is 5.99. The molecular formula is C18H16N4O4S. The molecule has 0 N–H and O–H groups in total. The highest BCUT2D eigenvalue weighted by Crippen LogP contribution is 2.38. The third kappa shape index (κ3) is 3.33. The average Bonchev–Trinajstić information content (AvgIpc) is 3.12. The Hall–Kier alpha value is -3.07. The quantitative estimate of drug-likeness (QED) is 0.485. The summed E-state index contributed by atoms with van der Waals surface area (Å²) in [6.07, 6.45) is 1.85. The molecule has 1 saturated heterocycles. The van der Waals surface area contributed by atoms with Gasteiger partial charge in [0.2, 0.25) is 0 Å². The summed E-state index contributed by atoms with van der Waals surface area (Å²) in [5, 5.41) is 23.4. The number of anilines is 1.